The van der Waals surface area contributed by atoms with E-state index in [0.717, 1.165) is 19.0 Å². The highest BCUT2D eigenvalue weighted by molar-refractivity contribution is 5.85. The average molecular weight is 353 g/mol. The average Bonchev–Trinajstić information content (AvgIpc) is 3.00. The third kappa shape index (κ3) is 5.41. The highest BCUT2D eigenvalue weighted by Gasteiger charge is 2.32. The molecule has 4 nitrogen and oxygen atoms in total. The Labute approximate surface area is 153 Å². The van der Waals surface area contributed by atoms with Gasteiger partial charge < -0.3 is 15.1 Å². The molecule has 0 radical (unpaired) electrons. The first-order chi connectivity index (χ1) is 11.1. The largest absolute Gasteiger partial charge is 0.316 e. The molecular formula is C19H33ClN4. The second-order valence-corrected chi connectivity index (χ2v) is 7.80. The topological polar surface area (TPSA) is 31.4 Å². The molecule has 0 aromatic carbocycles. The van der Waals surface area contributed by atoms with E-state index < -0.39 is 0 Å². The summed E-state index contributed by atoms with van der Waals surface area (Å²) in [7, 11) is 2.33. The third-order valence-electron chi connectivity index (χ3n) is 5.68. The van der Waals surface area contributed by atoms with Crippen LogP contribution in [0.25, 0.3) is 0 Å². The van der Waals surface area contributed by atoms with E-state index in [1.807, 2.05) is 12.3 Å². The number of hydrogen-bond donors (Lipinski definition) is 1. The summed E-state index contributed by atoms with van der Waals surface area (Å²) in [4.78, 5) is 9.67. The van der Waals surface area contributed by atoms with Gasteiger partial charge >= 0.3 is 0 Å². The zero-order valence-corrected chi connectivity index (χ0v) is 16.0. The lowest BCUT2D eigenvalue weighted by molar-refractivity contribution is 0.0974. The normalized spacial score (nSPS) is 25.8. The van der Waals surface area contributed by atoms with Gasteiger partial charge in [-0.3, -0.25) is 4.98 Å². The predicted molar refractivity (Wildman–Crippen MR) is 103 cm³/mol. The van der Waals surface area contributed by atoms with Gasteiger partial charge in [0.05, 0.1) is 0 Å². The minimum Gasteiger partial charge on any atom is -0.316 e. The lowest BCUT2D eigenvalue weighted by Gasteiger charge is -2.39. The Kier molecular flexibility index (Phi) is 7.48. The van der Waals surface area contributed by atoms with Crippen LogP contribution in [0, 0.1) is 5.41 Å². The zero-order chi connectivity index (χ0) is 16.1. The fraction of sp³-hybridized carbons (Fsp3) is 0.737. The number of piperidine rings is 1. The number of nitrogens with one attached hydrogen (secondary N) is 1. The van der Waals surface area contributed by atoms with Crippen molar-refractivity contribution < 1.29 is 0 Å². The Balaban J connectivity index is 0.00000208. The summed E-state index contributed by atoms with van der Waals surface area (Å²) in [6.45, 7) is 9.66. The van der Waals surface area contributed by atoms with Crippen LogP contribution in [0.1, 0.15) is 31.9 Å². The molecule has 0 amide bonds. The lowest BCUT2D eigenvalue weighted by atomic mass is 9.88. The molecule has 0 spiro atoms. The first-order valence-electron chi connectivity index (χ1n) is 9.18. The Hall–Kier alpha value is -0.680. The van der Waals surface area contributed by atoms with Gasteiger partial charge in [-0.1, -0.05) is 13.0 Å². The van der Waals surface area contributed by atoms with E-state index in [1.54, 1.807) is 0 Å². The van der Waals surface area contributed by atoms with Gasteiger partial charge in [-0.25, -0.2) is 0 Å². The second kappa shape index (κ2) is 9.14. The number of aromatic nitrogens is 1. The standard InChI is InChI=1S/C19H32N4.ClH/c1-19(9-11-20-15-19)16-22(2)18-7-13-23(14-8-18)12-6-17-5-3-4-10-21-17;/h3-5,10,18,20H,6-9,11-16H2,1-2H3;1H. The van der Waals surface area contributed by atoms with E-state index in [4.69, 9.17) is 0 Å². The van der Waals surface area contributed by atoms with Gasteiger partial charge in [-0.05, 0) is 63.5 Å². The molecule has 2 aliphatic rings. The van der Waals surface area contributed by atoms with Crippen LogP contribution in [0.15, 0.2) is 24.4 Å². The number of nitrogens with zero attached hydrogens (tertiary/aromatic N) is 3. The smallest absolute Gasteiger partial charge is 0.0416 e. The monoisotopic (exact) mass is 352 g/mol. The first-order valence-corrected chi connectivity index (χ1v) is 9.18. The molecule has 5 heteroatoms. The second-order valence-electron chi connectivity index (χ2n) is 7.80. The highest BCUT2D eigenvalue weighted by atomic mass is 35.5. The quantitative estimate of drug-likeness (QED) is 0.852. The molecule has 1 unspecified atom stereocenters. The maximum Gasteiger partial charge on any atom is 0.0416 e. The van der Waals surface area contributed by atoms with Crippen LogP contribution in [-0.2, 0) is 6.42 Å². The van der Waals surface area contributed by atoms with E-state index in [0.29, 0.717) is 5.41 Å². The predicted octanol–water partition coefficient (Wildman–Crippen LogP) is 2.44. The molecule has 3 heterocycles. The molecule has 1 atom stereocenters. The summed E-state index contributed by atoms with van der Waals surface area (Å²) in [6.07, 6.45) is 6.91. The van der Waals surface area contributed by atoms with Crippen LogP contribution in [0.5, 0.6) is 0 Å². The van der Waals surface area contributed by atoms with Crippen molar-refractivity contribution in [1.29, 1.82) is 0 Å². The van der Waals surface area contributed by atoms with Crippen LogP contribution in [0.3, 0.4) is 0 Å². The van der Waals surface area contributed by atoms with Gasteiger partial charge in [-0.2, -0.15) is 0 Å². The Bertz CT molecular complexity index is 468. The van der Waals surface area contributed by atoms with Crippen molar-refractivity contribution in [2.45, 2.75) is 38.6 Å². The highest BCUT2D eigenvalue weighted by Crippen LogP contribution is 2.27. The summed E-state index contributed by atoms with van der Waals surface area (Å²) in [5.41, 5.74) is 1.69. The van der Waals surface area contributed by atoms with Gasteiger partial charge in [0.1, 0.15) is 0 Å². The molecule has 136 valence electrons. The van der Waals surface area contributed by atoms with E-state index in [2.05, 4.69) is 46.2 Å². The number of hydrogen-bond acceptors (Lipinski definition) is 4. The zero-order valence-electron chi connectivity index (χ0n) is 15.2. The summed E-state index contributed by atoms with van der Waals surface area (Å²) in [5, 5.41) is 3.52. The van der Waals surface area contributed by atoms with Gasteiger partial charge in [0.2, 0.25) is 0 Å². The van der Waals surface area contributed by atoms with Crippen molar-refractivity contribution in [1.82, 2.24) is 20.1 Å². The molecule has 1 N–H and O–H groups in total. The number of pyridine rings is 1. The van der Waals surface area contributed by atoms with Crippen molar-refractivity contribution >= 4 is 12.4 Å². The summed E-state index contributed by atoms with van der Waals surface area (Å²) >= 11 is 0. The van der Waals surface area contributed by atoms with Gasteiger partial charge in [0, 0.05) is 44.0 Å². The molecule has 0 aliphatic carbocycles. The Morgan fingerprint density at radius 2 is 2.12 bits per heavy atom. The lowest BCUT2D eigenvalue weighted by Crippen LogP contribution is -2.47. The first kappa shape index (κ1) is 19.6. The molecule has 2 aliphatic heterocycles. The van der Waals surface area contributed by atoms with Crippen LogP contribution >= 0.6 is 12.4 Å². The van der Waals surface area contributed by atoms with E-state index in [-0.39, 0.29) is 12.4 Å². The maximum atomic E-state index is 4.43. The molecule has 1 aromatic rings. The Morgan fingerprint density at radius 3 is 2.75 bits per heavy atom. The van der Waals surface area contributed by atoms with Crippen LogP contribution in [-0.4, -0.2) is 67.1 Å². The minimum absolute atomic E-state index is 0. The fourth-order valence-corrected chi connectivity index (χ4v) is 4.14. The van der Waals surface area contributed by atoms with Gasteiger partial charge in [0.15, 0.2) is 0 Å². The molecule has 24 heavy (non-hydrogen) atoms. The van der Waals surface area contributed by atoms with Gasteiger partial charge in [-0.15, -0.1) is 12.4 Å². The third-order valence-corrected chi connectivity index (χ3v) is 5.68. The van der Waals surface area contributed by atoms with Gasteiger partial charge in [0.25, 0.3) is 0 Å². The number of likely N-dealkylation sites (tertiary alicyclic amines) is 1. The van der Waals surface area contributed by atoms with E-state index in [1.165, 1.54) is 57.7 Å². The van der Waals surface area contributed by atoms with E-state index >= 15 is 0 Å². The van der Waals surface area contributed by atoms with Crippen LogP contribution in [0.2, 0.25) is 0 Å². The number of halogens is 1. The van der Waals surface area contributed by atoms with Crippen molar-refractivity contribution in [3.8, 4) is 0 Å². The molecule has 2 fully saturated rings. The van der Waals surface area contributed by atoms with Crippen molar-refractivity contribution in [3.63, 3.8) is 0 Å². The Morgan fingerprint density at radius 1 is 1.33 bits per heavy atom. The SMILES string of the molecule is CN(CC1(C)CCNC1)C1CCN(CCc2ccccn2)CC1.Cl. The number of rotatable bonds is 6. The minimum atomic E-state index is 0. The van der Waals surface area contributed by atoms with Crippen molar-refractivity contribution in [2.24, 2.45) is 5.41 Å². The summed E-state index contributed by atoms with van der Waals surface area (Å²) in [5.74, 6) is 0. The molecule has 0 bridgehead atoms. The van der Waals surface area contributed by atoms with E-state index in [9.17, 15) is 0 Å². The molecule has 3 rings (SSSR count). The molecule has 1 aromatic heterocycles. The van der Waals surface area contributed by atoms with Crippen LogP contribution in [0.4, 0.5) is 0 Å². The molecule has 2 saturated heterocycles. The summed E-state index contributed by atoms with van der Waals surface area (Å²) in [6, 6.07) is 6.97. The van der Waals surface area contributed by atoms with Crippen molar-refractivity contribution in [3.05, 3.63) is 30.1 Å². The summed E-state index contributed by atoms with van der Waals surface area (Å²) < 4.78 is 0. The van der Waals surface area contributed by atoms with Crippen LogP contribution < -0.4 is 5.32 Å². The maximum absolute atomic E-state index is 4.43. The van der Waals surface area contributed by atoms with Crippen molar-refractivity contribution in [2.75, 3.05) is 46.3 Å². The molecular weight excluding hydrogens is 320 g/mol. The molecule has 0 saturated carbocycles. The fourth-order valence-electron chi connectivity index (χ4n) is 4.14.